The maximum atomic E-state index is 4.72. The van der Waals surface area contributed by atoms with Crippen LogP contribution in [0.1, 0.15) is 38.7 Å². The van der Waals surface area contributed by atoms with Crippen molar-refractivity contribution in [2.45, 2.75) is 40.0 Å². The van der Waals surface area contributed by atoms with Gasteiger partial charge < -0.3 is 15.1 Å². The van der Waals surface area contributed by atoms with Crippen molar-refractivity contribution in [2.75, 3.05) is 41.3 Å². The summed E-state index contributed by atoms with van der Waals surface area (Å²) in [4.78, 5) is 13.8. The molecule has 0 atom stereocenters. The molecule has 3 rings (SSSR count). The third-order valence-electron chi connectivity index (χ3n) is 4.91. The van der Waals surface area contributed by atoms with Crippen LogP contribution < -0.4 is 15.1 Å². The van der Waals surface area contributed by atoms with Crippen molar-refractivity contribution in [1.82, 2.24) is 9.97 Å². The summed E-state index contributed by atoms with van der Waals surface area (Å²) in [6.07, 6.45) is 5.67. The molecular weight excluding hydrogens is 310 g/mol. The molecule has 1 aromatic heterocycles. The second-order valence-corrected chi connectivity index (χ2v) is 6.58. The lowest BCUT2D eigenvalue weighted by Crippen LogP contribution is -2.30. The van der Waals surface area contributed by atoms with Crippen molar-refractivity contribution >= 4 is 23.1 Å². The van der Waals surface area contributed by atoms with E-state index in [1.807, 2.05) is 12.3 Å². The maximum Gasteiger partial charge on any atom is 0.229 e. The number of aryl methyl sites for hydroxylation is 1. The molecule has 0 radical (unpaired) electrons. The molecule has 1 aliphatic heterocycles. The number of nitrogens with one attached hydrogen (secondary N) is 1. The van der Waals surface area contributed by atoms with Crippen LogP contribution in [-0.2, 0) is 0 Å². The smallest absolute Gasteiger partial charge is 0.229 e. The molecule has 0 aliphatic carbocycles. The van der Waals surface area contributed by atoms with Crippen LogP contribution in [0.4, 0.5) is 23.1 Å². The van der Waals surface area contributed by atoms with E-state index in [0.29, 0.717) is 5.95 Å². The molecule has 0 saturated carbocycles. The summed E-state index contributed by atoms with van der Waals surface area (Å²) in [5.74, 6) is 1.69. The number of anilines is 4. The monoisotopic (exact) mass is 339 g/mol. The average molecular weight is 339 g/mol. The van der Waals surface area contributed by atoms with E-state index in [-0.39, 0.29) is 0 Å². The summed E-state index contributed by atoms with van der Waals surface area (Å²) in [6, 6.07) is 8.52. The molecule has 1 fully saturated rings. The minimum Gasteiger partial charge on any atom is -0.372 e. The van der Waals surface area contributed by atoms with Crippen molar-refractivity contribution in [1.29, 1.82) is 0 Å². The first-order valence-electron chi connectivity index (χ1n) is 9.42. The third kappa shape index (κ3) is 4.21. The fourth-order valence-corrected chi connectivity index (χ4v) is 3.40. The van der Waals surface area contributed by atoms with Gasteiger partial charge in [-0.2, -0.15) is 4.98 Å². The Kier molecular flexibility index (Phi) is 5.74. The van der Waals surface area contributed by atoms with Gasteiger partial charge in [0.05, 0.1) is 0 Å². The van der Waals surface area contributed by atoms with E-state index in [2.05, 4.69) is 59.1 Å². The van der Waals surface area contributed by atoms with E-state index in [9.17, 15) is 0 Å². The molecule has 0 amide bonds. The zero-order chi connectivity index (χ0) is 17.6. The van der Waals surface area contributed by atoms with Crippen LogP contribution in [0.25, 0.3) is 0 Å². The summed E-state index contributed by atoms with van der Waals surface area (Å²) < 4.78 is 0. The Balaban J connectivity index is 1.76. The molecule has 1 aromatic carbocycles. The molecule has 0 unspecified atom stereocenters. The zero-order valence-corrected chi connectivity index (χ0v) is 15.6. The van der Waals surface area contributed by atoms with Gasteiger partial charge >= 0.3 is 0 Å². The Morgan fingerprint density at radius 3 is 2.52 bits per heavy atom. The Hall–Kier alpha value is -2.30. The van der Waals surface area contributed by atoms with Crippen molar-refractivity contribution in [3.8, 4) is 0 Å². The highest BCUT2D eigenvalue weighted by atomic mass is 15.2. The molecule has 0 bridgehead atoms. The zero-order valence-electron chi connectivity index (χ0n) is 15.6. The number of piperidine rings is 1. The van der Waals surface area contributed by atoms with Gasteiger partial charge in [0.2, 0.25) is 5.95 Å². The van der Waals surface area contributed by atoms with Crippen LogP contribution in [0, 0.1) is 6.92 Å². The predicted molar refractivity (Wildman–Crippen MR) is 106 cm³/mol. The van der Waals surface area contributed by atoms with Crippen molar-refractivity contribution in [3.05, 3.63) is 36.0 Å². The second-order valence-electron chi connectivity index (χ2n) is 6.58. The molecule has 1 saturated heterocycles. The lowest BCUT2D eigenvalue weighted by molar-refractivity contribution is 0.573. The van der Waals surface area contributed by atoms with Crippen LogP contribution >= 0.6 is 0 Å². The van der Waals surface area contributed by atoms with Gasteiger partial charge in [0.15, 0.2) is 0 Å². The third-order valence-corrected chi connectivity index (χ3v) is 4.91. The van der Waals surface area contributed by atoms with E-state index >= 15 is 0 Å². The number of hydrogen-bond donors (Lipinski definition) is 1. The van der Waals surface area contributed by atoms with Gasteiger partial charge in [-0.1, -0.05) is 0 Å². The second kappa shape index (κ2) is 8.19. The Morgan fingerprint density at radius 1 is 1.08 bits per heavy atom. The largest absolute Gasteiger partial charge is 0.372 e. The summed E-state index contributed by atoms with van der Waals surface area (Å²) >= 11 is 0. The number of rotatable bonds is 6. The molecule has 2 aromatic rings. The lowest BCUT2D eigenvalue weighted by Gasteiger charge is -2.27. The number of hydrogen-bond acceptors (Lipinski definition) is 5. The van der Waals surface area contributed by atoms with Gasteiger partial charge in [-0.3, -0.25) is 0 Å². The average Bonchev–Trinajstić information content (AvgIpc) is 2.66. The molecule has 1 aliphatic rings. The lowest BCUT2D eigenvalue weighted by atomic mass is 10.1. The molecule has 5 heteroatoms. The number of benzene rings is 1. The van der Waals surface area contributed by atoms with Crippen LogP contribution in [0.3, 0.4) is 0 Å². The summed E-state index contributed by atoms with van der Waals surface area (Å²) in [5, 5.41) is 3.39. The standard InChI is InChI=1S/C20H29N5/c1-4-24(5-2)17-9-10-18(16(3)15-17)22-20-21-12-11-19(23-20)25-13-7-6-8-14-25/h9-12,15H,4-8,13-14H2,1-3H3,(H,21,22,23). The first-order chi connectivity index (χ1) is 12.2. The van der Waals surface area contributed by atoms with Crippen molar-refractivity contribution < 1.29 is 0 Å². The van der Waals surface area contributed by atoms with E-state index in [0.717, 1.165) is 37.7 Å². The van der Waals surface area contributed by atoms with Crippen LogP contribution in [0.5, 0.6) is 0 Å². The first-order valence-corrected chi connectivity index (χ1v) is 9.42. The van der Waals surface area contributed by atoms with Gasteiger partial charge in [-0.15, -0.1) is 0 Å². The van der Waals surface area contributed by atoms with Crippen LogP contribution in [0.2, 0.25) is 0 Å². The fraction of sp³-hybridized carbons (Fsp3) is 0.500. The number of aromatic nitrogens is 2. The Labute approximate surface area is 151 Å². The summed E-state index contributed by atoms with van der Waals surface area (Å²) in [5.41, 5.74) is 3.53. The van der Waals surface area contributed by atoms with Crippen molar-refractivity contribution in [2.24, 2.45) is 0 Å². The normalized spacial score (nSPS) is 14.4. The molecule has 1 N–H and O–H groups in total. The van der Waals surface area contributed by atoms with E-state index in [4.69, 9.17) is 4.98 Å². The summed E-state index contributed by atoms with van der Waals surface area (Å²) in [6.45, 7) is 10.7. The van der Waals surface area contributed by atoms with Gasteiger partial charge in [0, 0.05) is 43.8 Å². The molecule has 0 spiro atoms. The van der Waals surface area contributed by atoms with E-state index in [1.54, 1.807) is 0 Å². The Morgan fingerprint density at radius 2 is 1.84 bits per heavy atom. The van der Waals surface area contributed by atoms with Gasteiger partial charge in [-0.05, 0) is 69.9 Å². The highest BCUT2D eigenvalue weighted by Gasteiger charge is 2.13. The molecular formula is C20H29N5. The SMILES string of the molecule is CCN(CC)c1ccc(Nc2nccc(N3CCCCC3)n2)c(C)c1. The maximum absolute atomic E-state index is 4.72. The first kappa shape index (κ1) is 17.5. The van der Waals surface area contributed by atoms with Gasteiger partial charge in [-0.25, -0.2) is 4.98 Å². The topological polar surface area (TPSA) is 44.3 Å². The molecule has 5 nitrogen and oxygen atoms in total. The van der Waals surface area contributed by atoms with Gasteiger partial charge in [0.1, 0.15) is 5.82 Å². The van der Waals surface area contributed by atoms with Crippen molar-refractivity contribution in [3.63, 3.8) is 0 Å². The van der Waals surface area contributed by atoms with Gasteiger partial charge in [0.25, 0.3) is 0 Å². The molecule has 25 heavy (non-hydrogen) atoms. The minimum atomic E-state index is 0.668. The fourth-order valence-electron chi connectivity index (χ4n) is 3.40. The molecule has 2 heterocycles. The van der Waals surface area contributed by atoms with Crippen LogP contribution in [0.15, 0.2) is 30.5 Å². The quantitative estimate of drug-likeness (QED) is 0.847. The Bertz CT molecular complexity index is 690. The highest BCUT2D eigenvalue weighted by molar-refractivity contribution is 5.64. The van der Waals surface area contributed by atoms with Crippen LogP contribution in [-0.4, -0.2) is 36.1 Å². The number of nitrogens with zero attached hydrogens (tertiary/aromatic N) is 4. The minimum absolute atomic E-state index is 0.668. The highest BCUT2D eigenvalue weighted by Crippen LogP contribution is 2.25. The predicted octanol–water partition coefficient (Wildman–Crippen LogP) is 4.37. The molecule has 134 valence electrons. The van der Waals surface area contributed by atoms with E-state index in [1.165, 1.54) is 30.5 Å². The summed E-state index contributed by atoms with van der Waals surface area (Å²) in [7, 11) is 0. The van der Waals surface area contributed by atoms with E-state index < -0.39 is 0 Å².